The molecule has 2 saturated heterocycles. The van der Waals surface area contributed by atoms with Crippen molar-refractivity contribution in [2.24, 2.45) is 5.92 Å². The third-order valence-electron chi connectivity index (χ3n) is 5.36. The lowest BCUT2D eigenvalue weighted by Crippen LogP contribution is -2.45. The number of rotatable bonds is 1. The molecule has 2 fully saturated rings. The fourth-order valence-corrected chi connectivity index (χ4v) is 4.19. The lowest BCUT2D eigenvalue weighted by atomic mass is 9.92. The van der Waals surface area contributed by atoms with Crippen molar-refractivity contribution in [3.8, 4) is 6.07 Å². The average molecular weight is 282 g/mol. The van der Waals surface area contributed by atoms with Crippen LogP contribution in [0.5, 0.6) is 0 Å². The lowest BCUT2D eigenvalue weighted by molar-refractivity contribution is 0.374. The summed E-state index contributed by atoms with van der Waals surface area (Å²) in [5.41, 5.74) is 3.32. The Morgan fingerprint density at radius 3 is 3.10 bits per heavy atom. The highest BCUT2D eigenvalue weighted by Gasteiger charge is 2.34. The van der Waals surface area contributed by atoms with Crippen LogP contribution in [0.15, 0.2) is 6.07 Å². The number of nitriles is 1. The van der Waals surface area contributed by atoms with Gasteiger partial charge in [0.2, 0.25) is 0 Å². The fraction of sp³-hybridized carbons (Fsp3) is 0.647. The molecule has 0 amide bonds. The van der Waals surface area contributed by atoms with E-state index in [-0.39, 0.29) is 0 Å². The summed E-state index contributed by atoms with van der Waals surface area (Å²) in [6.07, 6.45) is 7.07. The van der Waals surface area contributed by atoms with E-state index in [1.54, 1.807) is 0 Å². The monoisotopic (exact) mass is 282 g/mol. The van der Waals surface area contributed by atoms with E-state index in [0.717, 1.165) is 49.8 Å². The molecule has 0 saturated carbocycles. The Bertz CT molecular complexity index is 589. The normalized spacial score (nSPS) is 27.9. The molecule has 4 rings (SSSR count). The maximum atomic E-state index is 9.51. The molecule has 2 atom stereocenters. The predicted octanol–water partition coefficient (Wildman–Crippen LogP) is 2.02. The number of pyridine rings is 1. The van der Waals surface area contributed by atoms with Crippen LogP contribution in [-0.2, 0) is 12.8 Å². The second-order valence-corrected chi connectivity index (χ2v) is 6.63. The largest absolute Gasteiger partial charge is 0.355 e. The van der Waals surface area contributed by atoms with Crippen LogP contribution in [-0.4, -0.2) is 30.7 Å². The van der Waals surface area contributed by atoms with Gasteiger partial charge in [0, 0.05) is 24.8 Å². The Morgan fingerprint density at radius 1 is 1.29 bits per heavy atom. The molecular weight excluding hydrogens is 260 g/mol. The third kappa shape index (κ3) is 2.30. The van der Waals surface area contributed by atoms with E-state index in [0.29, 0.717) is 6.04 Å². The van der Waals surface area contributed by atoms with Gasteiger partial charge >= 0.3 is 0 Å². The average Bonchev–Trinajstić information content (AvgIpc) is 3.01. The van der Waals surface area contributed by atoms with Crippen LogP contribution < -0.4 is 10.2 Å². The fourth-order valence-electron chi connectivity index (χ4n) is 4.19. The number of hydrogen-bond acceptors (Lipinski definition) is 4. The van der Waals surface area contributed by atoms with E-state index in [9.17, 15) is 5.26 Å². The van der Waals surface area contributed by atoms with Crippen molar-refractivity contribution in [2.45, 2.75) is 44.6 Å². The van der Waals surface area contributed by atoms with Gasteiger partial charge in [-0.25, -0.2) is 4.98 Å². The van der Waals surface area contributed by atoms with Gasteiger partial charge < -0.3 is 10.2 Å². The minimum absolute atomic E-state index is 0.685. The first-order valence-corrected chi connectivity index (χ1v) is 8.26. The second kappa shape index (κ2) is 5.31. The van der Waals surface area contributed by atoms with Crippen molar-refractivity contribution in [3.63, 3.8) is 0 Å². The number of aromatic nitrogens is 1. The zero-order chi connectivity index (χ0) is 14.2. The Morgan fingerprint density at radius 2 is 2.19 bits per heavy atom. The molecule has 1 N–H and O–H groups in total. The number of nitrogens with one attached hydrogen (secondary N) is 1. The van der Waals surface area contributed by atoms with Gasteiger partial charge in [0.15, 0.2) is 0 Å². The molecule has 3 heterocycles. The van der Waals surface area contributed by atoms with Gasteiger partial charge in [-0.05, 0) is 62.6 Å². The summed E-state index contributed by atoms with van der Waals surface area (Å²) in [5, 5.41) is 13.1. The van der Waals surface area contributed by atoms with Crippen molar-refractivity contribution >= 4 is 5.82 Å². The van der Waals surface area contributed by atoms with Crippen LogP contribution in [0.3, 0.4) is 0 Å². The zero-order valence-electron chi connectivity index (χ0n) is 12.4. The van der Waals surface area contributed by atoms with Crippen LogP contribution in [0.2, 0.25) is 0 Å². The molecule has 1 aliphatic carbocycles. The van der Waals surface area contributed by atoms with E-state index in [1.807, 2.05) is 0 Å². The van der Waals surface area contributed by atoms with E-state index in [1.165, 1.54) is 36.9 Å². The van der Waals surface area contributed by atoms with Crippen LogP contribution in [0.25, 0.3) is 0 Å². The van der Waals surface area contributed by atoms with E-state index < -0.39 is 0 Å². The molecule has 110 valence electrons. The Balaban J connectivity index is 1.66. The topological polar surface area (TPSA) is 52.0 Å². The van der Waals surface area contributed by atoms with Gasteiger partial charge in [-0.15, -0.1) is 0 Å². The van der Waals surface area contributed by atoms with Crippen LogP contribution >= 0.6 is 0 Å². The number of fused-ring (bicyclic) bond motifs is 2. The summed E-state index contributed by atoms with van der Waals surface area (Å²) in [6.45, 7) is 3.22. The highest BCUT2D eigenvalue weighted by atomic mass is 15.2. The van der Waals surface area contributed by atoms with E-state index >= 15 is 0 Å². The van der Waals surface area contributed by atoms with Gasteiger partial charge in [-0.1, -0.05) is 0 Å². The molecule has 4 nitrogen and oxygen atoms in total. The quantitative estimate of drug-likeness (QED) is 0.856. The number of nitrogens with zero attached hydrogens (tertiary/aromatic N) is 3. The summed E-state index contributed by atoms with van der Waals surface area (Å²) in [5.74, 6) is 1.67. The third-order valence-corrected chi connectivity index (χ3v) is 5.36. The number of anilines is 1. The van der Waals surface area contributed by atoms with Crippen molar-refractivity contribution in [1.29, 1.82) is 5.26 Å². The second-order valence-electron chi connectivity index (χ2n) is 6.63. The molecular formula is C17H22N4. The molecule has 1 aromatic heterocycles. The molecule has 4 heteroatoms. The molecule has 21 heavy (non-hydrogen) atoms. The van der Waals surface area contributed by atoms with Gasteiger partial charge in [0.1, 0.15) is 11.9 Å². The van der Waals surface area contributed by atoms with Crippen LogP contribution in [0.4, 0.5) is 5.82 Å². The smallest absolute Gasteiger partial charge is 0.146 e. The molecule has 0 radical (unpaired) electrons. The SMILES string of the molecule is N#Cc1cc2c(nc1N1CCC3NCCC3C1)CCCC2. The number of aryl methyl sites for hydroxylation is 2. The van der Waals surface area contributed by atoms with E-state index in [2.05, 4.69) is 22.4 Å². The van der Waals surface area contributed by atoms with Crippen LogP contribution in [0.1, 0.15) is 42.5 Å². The minimum Gasteiger partial charge on any atom is -0.355 e. The Kier molecular flexibility index (Phi) is 3.31. The number of piperidine rings is 1. The summed E-state index contributed by atoms with van der Waals surface area (Å²) in [4.78, 5) is 7.27. The number of hydrogen-bond donors (Lipinski definition) is 1. The minimum atomic E-state index is 0.685. The van der Waals surface area contributed by atoms with E-state index in [4.69, 9.17) is 4.98 Å². The first kappa shape index (κ1) is 13.1. The van der Waals surface area contributed by atoms with Crippen LogP contribution in [0, 0.1) is 17.2 Å². The molecule has 0 aromatic carbocycles. The molecule has 2 aliphatic heterocycles. The maximum absolute atomic E-state index is 9.51. The zero-order valence-corrected chi connectivity index (χ0v) is 12.4. The summed E-state index contributed by atoms with van der Waals surface area (Å²) in [7, 11) is 0. The summed E-state index contributed by atoms with van der Waals surface area (Å²) in [6, 6.07) is 5.17. The molecule has 2 unspecified atom stereocenters. The Hall–Kier alpha value is -1.60. The van der Waals surface area contributed by atoms with Crippen molar-refractivity contribution in [2.75, 3.05) is 24.5 Å². The Labute approximate surface area is 126 Å². The van der Waals surface area contributed by atoms with Gasteiger partial charge in [0.25, 0.3) is 0 Å². The predicted molar refractivity (Wildman–Crippen MR) is 82.3 cm³/mol. The standard InChI is InChI=1S/C17H22N4/c18-10-14-9-12-3-1-2-4-16(12)20-17(14)21-8-6-15-13(11-21)5-7-19-15/h9,13,15,19H,1-8,11H2. The molecule has 0 bridgehead atoms. The summed E-state index contributed by atoms with van der Waals surface area (Å²) < 4.78 is 0. The van der Waals surface area contributed by atoms with Crippen molar-refractivity contribution < 1.29 is 0 Å². The first-order chi connectivity index (χ1) is 10.3. The highest BCUT2D eigenvalue weighted by molar-refractivity contribution is 5.57. The van der Waals surface area contributed by atoms with Crippen molar-refractivity contribution in [3.05, 3.63) is 22.9 Å². The first-order valence-electron chi connectivity index (χ1n) is 8.26. The molecule has 0 spiro atoms. The molecule has 3 aliphatic rings. The maximum Gasteiger partial charge on any atom is 0.146 e. The lowest BCUT2D eigenvalue weighted by Gasteiger charge is -2.36. The van der Waals surface area contributed by atoms with Crippen molar-refractivity contribution in [1.82, 2.24) is 10.3 Å². The van der Waals surface area contributed by atoms with Gasteiger partial charge in [-0.3, -0.25) is 0 Å². The highest BCUT2D eigenvalue weighted by Crippen LogP contribution is 2.31. The van der Waals surface area contributed by atoms with Gasteiger partial charge in [-0.2, -0.15) is 5.26 Å². The summed E-state index contributed by atoms with van der Waals surface area (Å²) >= 11 is 0. The molecule has 1 aromatic rings. The van der Waals surface area contributed by atoms with Gasteiger partial charge in [0.05, 0.1) is 5.56 Å².